The van der Waals surface area contributed by atoms with E-state index in [-0.39, 0.29) is 6.61 Å². The van der Waals surface area contributed by atoms with Crippen LogP contribution in [-0.2, 0) is 22.7 Å². The molecule has 1 aromatic carbocycles. The highest BCUT2D eigenvalue weighted by atomic mass is 16.5. The van der Waals surface area contributed by atoms with Gasteiger partial charge in [0.1, 0.15) is 6.61 Å². The summed E-state index contributed by atoms with van der Waals surface area (Å²) in [7, 11) is 0. The van der Waals surface area contributed by atoms with E-state index in [1.807, 2.05) is 30.3 Å². The molecule has 0 aliphatic heterocycles. The summed E-state index contributed by atoms with van der Waals surface area (Å²) in [6, 6.07) is 9.73. The zero-order valence-corrected chi connectivity index (χ0v) is 10.4. The third-order valence-electron chi connectivity index (χ3n) is 2.59. The van der Waals surface area contributed by atoms with E-state index in [0.717, 1.165) is 5.56 Å². The van der Waals surface area contributed by atoms with Crippen LogP contribution in [0.4, 0.5) is 0 Å². The van der Waals surface area contributed by atoms with Crippen LogP contribution in [0, 0.1) is 0 Å². The molecule has 7 nitrogen and oxygen atoms in total. The molecule has 1 atom stereocenters. The number of tetrazole rings is 1. The second kappa shape index (κ2) is 6.05. The molecular weight excluding hydrogens is 248 g/mol. The standard InChI is InChI=1S/C12H14N4O3/c1-9(12(17)18)19-8-11-13-14-15-16(11)7-10-5-3-2-4-6-10/h2-6,9H,7-8H2,1H3,(H,17,18). The molecule has 7 heteroatoms. The lowest BCUT2D eigenvalue weighted by atomic mass is 10.2. The Morgan fingerprint density at radius 2 is 2.16 bits per heavy atom. The highest BCUT2D eigenvalue weighted by Crippen LogP contribution is 2.05. The Kier molecular flexibility index (Phi) is 4.19. The van der Waals surface area contributed by atoms with Gasteiger partial charge in [-0.25, -0.2) is 9.48 Å². The van der Waals surface area contributed by atoms with Gasteiger partial charge in [0.15, 0.2) is 11.9 Å². The summed E-state index contributed by atoms with van der Waals surface area (Å²) in [4.78, 5) is 10.7. The van der Waals surface area contributed by atoms with Crippen molar-refractivity contribution in [1.82, 2.24) is 20.2 Å². The van der Waals surface area contributed by atoms with Crippen molar-refractivity contribution in [3.63, 3.8) is 0 Å². The SMILES string of the molecule is CC(OCc1nnnn1Cc1ccccc1)C(=O)O. The van der Waals surface area contributed by atoms with Gasteiger partial charge in [-0.2, -0.15) is 0 Å². The van der Waals surface area contributed by atoms with Gasteiger partial charge in [-0.3, -0.25) is 0 Å². The smallest absolute Gasteiger partial charge is 0.332 e. The molecule has 100 valence electrons. The summed E-state index contributed by atoms with van der Waals surface area (Å²) in [5, 5.41) is 20.0. The maximum absolute atomic E-state index is 10.7. The third-order valence-corrected chi connectivity index (χ3v) is 2.59. The number of ether oxygens (including phenoxy) is 1. The highest BCUT2D eigenvalue weighted by molar-refractivity contribution is 5.71. The van der Waals surface area contributed by atoms with E-state index in [2.05, 4.69) is 15.5 Å². The number of hydrogen-bond acceptors (Lipinski definition) is 5. The molecule has 19 heavy (non-hydrogen) atoms. The first-order valence-corrected chi connectivity index (χ1v) is 5.80. The third kappa shape index (κ3) is 3.59. The van der Waals surface area contributed by atoms with Crippen molar-refractivity contribution in [2.24, 2.45) is 0 Å². The first-order valence-electron chi connectivity index (χ1n) is 5.80. The van der Waals surface area contributed by atoms with E-state index in [9.17, 15) is 4.79 Å². The highest BCUT2D eigenvalue weighted by Gasteiger charge is 2.14. The monoisotopic (exact) mass is 262 g/mol. The zero-order valence-electron chi connectivity index (χ0n) is 10.4. The second-order valence-corrected chi connectivity index (χ2v) is 4.03. The molecule has 0 spiro atoms. The number of nitrogens with zero attached hydrogens (tertiary/aromatic N) is 4. The van der Waals surface area contributed by atoms with Crippen molar-refractivity contribution in [2.75, 3.05) is 0 Å². The first-order chi connectivity index (χ1) is 9.16. The number of benzene rings is 1. The van der Waals surface area contributed by atoms with Gasteiger partial charge in [-0.15, -0.1) is 5.10 Å². The van der Waals surface area contributed by atoms with Gasteiger partial charge in [0.05, 0.1) is 6.54 Å². The van der Waals surface area contributed by atoms with Crippen molar-refractivity contribution in [3.05, 3.63) is 41.7 Å². The Hall–Kier alpha value is -2.28. The molecule has 0 fully saturated rings. The number of carboxylic acid groups (broad SMARTS) is 1. The Labute approximate surface area is 109 Å². The molecule has 2 aromatic rings. The van der Waals surface area contributed by atoms with Gasteiger partial charge in [-0.05, 0) is 22.9 Å². The van der Waals surface area contributed by atoms with Gasteiger partial charge in [-0.1, -0.05) is 30.3 Å². The van der Waals surface area contributed by atoms with Crippen molar-refractivity contribution in [3.8, 4) is 0 Å². The van der Waals surface area contributed by atoms with E-state index < -0.39 is 12.1 Å². The van der Waals surface area contributed by atoms with Crippen LogP contribution in [0.2, 0.25) is 0 Å². The van der Waals surface area contributed by atoms with Gasteiger partial charge in [0.25, 0.3) is 0 Å². The van der Waals surface area contributed by atoms with Crippen LogP contribution in [0.15, 0.2) is 30.3 Å². The second-order valence-electron chi connectivity index (χ2n) is 4.03. The van der Waals surface area contributed by atoms with E-state index in [1.165, 1.54) is 6.92 Å². The van der Waals surface area contributed by atoms with Crippen molar-refractivity contribution >= 4 is 5.97 Å². The number of rotatable bonds is 6. The largest absolute Gasteiger partial charge is 0.479 e. The maximum Gasteiger partial charge on any atom is 0.332 e. The van der Waals surface area contributed by atoms with Crippen molar-refractivity contribution in [1.29, 1.82) is 0 Å². The molecule has 0 aliphatic rings. The average Bonchev–Trinajstić information content (AvgIpc) is 2.84. The van der Waals surface area contributed by atoms with Gasteiger partial charge >= 0.3 is 5.97 Å². The number of aromatic nitrogens is 4. The molecule has 1 aromatic heterocycles. The predicted molar refractivity (Wildman–Crippen MR) is 65.2 cm³/mol. The first kappa shape index (κ1) is 13.2. The summed E-state index contributed by atoms with van der Waals surface area (Å²) in [6.07, 6.45) is -0.887. The van der Waals surface area contributed by atoms with Gasteiger partial charge in [0.2, 0.25) is 0 Å². The van der Waals surface area contributed by atoms with E-state index in [4.69, 9.17) is 9.84 Å². The van der Waals surface area contributed by atoms with Crippen LogP contribution >= 0.6 is 0 Å². The lowest BCUT2D eigenvalue weighted by Crippen LogP contribution is -2.21. The molecule has 1 N–H and O–H groups in total. The average molecular weight is 262 g/mol. The van der Waals surface area contributed by atoms with Crippen LogP contribution in [-0.4, -0.2) is 37.4 Å². The van der Waals surface area contributed by atoms with Crippen LogP contribution in [0.1, 0.15) is 18.3 Å². The molecule has 1 unspecified atom stereocenters. The number of carboxylic acids is 1. The minimum absolute atomic E-state index is 0.0628. The predicted octanol–water partition coefficient (Wildman–Crippen LogP) is 0.711. The van der Waals surface area contributed by atoms with Crippen LogP contribution in [0.3, 0.4) is 0 Å². The Morgan fingerprint density at radius 1 is 1.42 bits per heavy atom. The van der Waals surface area contributed by atoms with Crippen LogP contribution in [0.5, 0.6) is 0 Å². The van der Waals surface area contributed by atoms with E-state index in [0.29, 0.717) is 12.4 Å². The van der Waals surface area contributed by atoms with Gasteiger partial charge < -0.3 is 9.84 Å². The van der Waals surface area contributed by atoms with E-state index in [1.54, 1.807) is 4.68 Å². The molecule has 2 rings (SSSR count). The Bertz CT molecular complexity index is 541. The summed E-state index contributed by atoms with van der Waals surface area (Å²) in [5.41, 5.74) is 1.06. The molecule has 0 aliphatic carbocycles. The lowest BCUT2D eigenvalue weighted by Gasteiger charge is -2.08. The minimum Gasteiger partial charge on any atom is -0.479 e. The summed E-state index contributed by atoms with van der Waals surface area (Å²) < 4.78 is 6.75. The Morgan fingerprint density at radius 3 is 2.84 bits per heavy atom. The van der Waals surface area contributed by atoms with E-state index >= 15 is 0 Å². The summed E-state index contributed by atoms with van der Waals surface area (Å²) in [5.74, 6) is -0.515. The molecule has 1 heterocycles. The van der Waals surface area contributed by atoms with Crippen molar-refractivity contribution in [2.45, 2.75) is 26.2 Å². The molecule has 0 saturated carbocycles. The quantitative estimate of drug-likeness (QED) is 0.824. The molecule has 0 bridgehead atoms. The lowest BCUT2D eigenvalue weighted by molar-refractivity contribution is -0.150. The fraction of sp³-hybridized carbons (Fsp3) is 0.333. The van der Waals surface area contributed by atoms with Crippen LogP contribution < -0.4 is 0 Å². The normalized spacial score (nSPS) is 12.3. The molecule has 0 amide bonds. The molecule has 0 radical (unpaired) electrons. The number of carbonyl (C=O) groups is 1. The van der Waals surface area contributed by atoms with Gasteiger partial charge in [0, 0.05) is 0 Å². The zero-order chi connectivity index (χ0) is 13.7. The molecule has 0 saturated heterocycles. The summed E-state index contributed by atoms with van der Waals surface area (Å²) in [6.45, 7) is 2.05. The minimum atomic E-state index is -1.01. The number of hydrogen-bond donors (Lipinski definition) is 1. The topological polar surface area (TPSA) is 90.1 Å². The molecular formula is C12H14N4O3. The Balaban J connectivity index is 2.00. The summed E-state index contributed by atoms with van der Waals surface area (Å²) >= 11 is 0. The van der Waals surface area contributed by atoms with Crippen LogP contribution in [0.25, 0.3) is 0 Å². The fourth-order valence-electron chi connectivity index (χ4n) is 1.48. The van der Waals surface area contributed by atoms with Crippen molar-refractivity contribution < 1.29 is 14.6 Å². The fourth-order valence-corrected chi connectivity index (χ4v) is 1.48. The number of aliphatic carboxylic acids is 1. The maximum atomic E-state index is 10.7.